The Bertz CT molecular complexity index is 986. The summed E-state index contributed by atoms with van der Waals surface area (Å²) in [6, 6.07) is 13.7. The number of carbonyl (C=O) groups is 1. The quantitative estimate of drug-likeness (QED) is 0.689. The van der Waals surface area contributed by atoms with Gasteiger partial charge in [0.1, 0.15) is 0 Å². The molecule has 1 aliphatic rings. The van der Waals surface area contributed by atoms with Gasteiger partial charge in [0.05, 0.1) is 0 Å². The number of benzene rings is 2. The Morgan fingerprint density at radius 3 is 2.80 bits per heavy atom. The zero-order chi connectivity index (χ0) is 17.4. The summed E-state index contributed by atoms with van der Waals surface area (Å²) in [5, 5.41) is 1.91. The summed E-state index contributed by atoms with van der Waals surface area (Å²) in [4.78, 5) is 17.9. The highest BCUT2D eigenvalue weighted by atomic mass is 35.5. The molecule has 0 spiro atoms. The van der Waals surface area contributed by atoms with Gasteiger partial charge in [0.2, 0.25) is 0 Å². The topological polar surface area (TPSA) is 36.1 Å². The number of aromatic nitrogens is 1. The lowest BCUT2D eigenvalue weighted by molar-refractivity contribution is 0.0772. The van der Waals surface area contributed by atoms with Crippen LogP contribution in [0.15, 0.2) is 54.7 Å². The molecule has 0 saturated carbocycles. The predicted molar refractivity (Wildman–Crippen MR) is 103 cm³/mol. The Morgan fingerprint density at radius 1 is 1.20 bits per heavy atom. The number of carbonyl (C=O) groups excluding carboxylic acids is 1. The summed E-state index contributed by atoms with van der Waals surface area (Å²) in [5.74, 6) is 0.110. The number of hydrogen-bond acceptors (Lipinski definition) is 1. The summed E-state index contributed by atoms with van der Waals surface area (Å²) >= 11 is 6.06. The maximum Gasteiger partial charge on any atom is 0.254 e. The van der Waals surface area contributed by atoms with Crippen molar-refractivity contribution >= 4 is 34.0 Å². The van der Waals surface area contributed by atoms with Crippen molar-refractivity contribution in [1.29, 1.82) is 0 Å². The number of halogens is 1. The summed E-state index contributed by atoms with van der Waals surface area (Å²) in [5.41, 5.74) is 5.34. The van der Waals surface area contributed by atoms with Gasteiger partial charge in [-0.3, -0.25) is 4.79 Å². The number of amides is 1. The van der Waals surface area contributed by atoms with Crippen LogP contribution in [0, 0.1) is 6.92 Å². The predicted octanol–water partition coefficient (Wildman–Crippen LogP) is 5.06. The van der Waals surface area contributed by atoms with Crippen molar-refractivity contribution in [2.45, 2.75) is 13.3 Å². The molecule has 0 saturated heterocycles. The van der Waals surface area contributed by atoms with Crippen molar-refractivity contribution in [2.24, 2.45) is 0 Å². The minimum absolute atomic E-state index is 0.110. The van der Waals surface area contributed by atoms with Crippen LogP contribution < -0.4 is 0 Å². The van der Waals surface area contributed by atoms with E-state index in [2.05, 4.69) is 17.1 Å². The molecule has 4 heteroatoms. The maximum absolute atomic E-state index is 12.7. The molecule has 0 bridgehead atoms. The first kappa shape index (κ1) is 16.0. The number of aromatic amines is 1. The van der Waals surface area contributed by atoms with Gasteiger partial charge in [-0.25, -0.2) is 0 Å². The molecule has 3 aromatic rings. The van der Waals surface area contributed by atoms with E-state index in [9.17, 15) is 4.79 Å². The highest BCUT2D eigenvalue weighted by Crippen LogP contribution is 2.31. The van der Waals surface area contributed by atoms with Gasteiger partial charge in [0, 0.05) is 46.3 Å². The number of aryl methyl sites for hydroxylation is 1. The molecular formula is C21H19ClN2O. The van der Waals surface area contributed by atoms with Crippen LogP contribution in [-0.4, -0.2) is 28.9 Å². The van der Waals surface area contributed by atoms with Gasteiger partial charge in [-0.15, -0.1) is 0 Å². The fraction of sp³-hybridized carbons (Fsp3) is 0.190. The van der Waals surface area contributed by atoms with Crippen LogP contribution >= 0.6 is 11.6 Å². The van der Waals surface area contributed by atoms with Crippen LogP contribution in [0.4, 0.5) is 0 Å². The highest BCUT2D eigenvalue weighted by molar-refractivity contribution is 6.31. The van der Waals surface area contributed by atoms with Crippen LogP contribution in [0.25, 0.3) is 16.5 Å². The van der Waals surface area contributed by atoms with Gasteiger partial charge in [0.25, 0.3) is 5.91 Å². The van der Waals surface area contributed by atoms with Crippen molar-refractivity contribution < 1.29 is 4.79 Å². The van der Waals surface area contributed by atoms with E-state index in [1.54, 1.807) is 0 Å². The van der Waals surface area contributed by atoms with Gasteiger partial charge in [-0.1, -0.05) is 41.9 Å². The number of nitrogens with one attached hydrogen (secondary N) is 1. The first-order chi connectivity index (χ1) is 12.1. The molecule has 0 radical (unpaired) electrons. The first-order valence-corrected chi connectivity index (χ1v) is 8.82. The van der Waals surface area contributed by atoms with Gasteiger partial charge < -0.3 is 9.88 Å². The summed E-state index contributed by atoms with van der Waals surface area (Å²) in [7, 11) is 0. The molecule has 1 aromatic heterocycles. The third-order valence-corrected chi connectivity index (χ3v) is 5.10. The van der Waals surface area contributed by atoms with Gasteiger partial charge in [-0.05, 0) is 42.7 Å². The average molecular weight is 351 g/mol. The van der Waals surface area contributed by atoms with Crippen LogP contribution in [0.1, 0.15) is 27.9 Å². The van der Waals surface area contributed by atoms with E-state index in [-0.39, 0.29) is 5.91 Å². The summed E-state index contributed by atoms with van der Waals surface area (Å²) in [6.07, 6.45) is 5.05. The SMILES string of the molecule is Cc1ccccc1C(=O)N1CC=C(c2c[nH]c3cc(Cl)ccc23)CC1. The van der Waals surface area contributed by atoms with Crippen LogP contribution in [0.3, 0.4) is 0 Å². The second-order valence-electron chi connectivity index (χ2n) is 6.44. The Hall–Kier alpha value is -2.52. The zero-order valence-electron chi connectivity index (χ0n) is 14.1. The number of fused-ring (bicyclic) bond motifs is 1. The third kappa shape index (κ3) is 2.96. The molecule has 1 aliphatic heterocycles. The molecule has 0 unspecified atom stereocenters. The Morgan fingerprint density at radius 2 is 2.04 bits per heavy atom. The standard InChI is InChI=1S/C21H19ClN2O/c1-14-4-2-3-5-17(14)21(25)24-10-8-15(9-11-24)19-13-23-20-12-16(22)6-7-18(19)20/h2-8,12-13,23H,9-11H2,1H3. The zero-order valence-corrected chi connectivity index (χ0v) is 14.8. The average Bonchev–Trinajstić information content (AvgIpc) is 3.04. The van der Waals surface area contributed by atoms with Crippen LogP contribution in [-0.2, 0) is 0 Å². The second-order valence-corrected chi connectivity index (χ2v) is 6.87. The van der Waals surface area contributed by atoms with Crippen LogP contribution in [0.2, 0.25) is 5.02 Å². The van der Waals surface area contributed by atoms with E-state index in [1.807, 2.05) is 54.4 Å². The fourth-order valence-electron chi connectivity index (χ4n) is 3.45. The molecule has 2 aromatic carbocycles. The monoisotopic (exact) mass is 350 g/mol. The lowest BCUT2D eigenvalue weighted by Crippen LogP contribution is -2.35. The molecule has 3 nitrogen and oxygen atoms in total. The van der Waals surface area contributed by atoms with Gasteiger partial charge >= 0.3 is 0 Å². The molecule has 0 atom stereocenters. The minimum Gasteiger partial charge on any atom is -0.361 e. The van der Waals surface area contributed by atoms with E-state index in [0.29, 0.717) is 6.54 Å². The molecule has 2 heterocycles. The second kappa shape index (κ2) is 6.41. The summed E-state index contributed by atoms with van der Waals surface area (Å²) in [6.45, 7) is 3.36. The molecule has 4 rings (SSSR count). The van der Waals surface area contributed by atoms with Gasteiger partial charge in [-0.2, -0.15) is 0 Å². The number of nitrogens with zero attached hydrogens (tertiary/aromatic N) is 1. The van der Waals surface area contributed by atoms with E-state index in [1.165, 1.54) is 16.5 Å². The van der Waals surface area contributed by atoms with Crippen molar-refractivity contribution in [1.82, 2.24) is 9.88 Å². The van der Waals surface area contributed by atoms with Crippen LogP contribution in [0.5, 0.6) is 0 Å². The molecule has 0 fully saturated rings. The molecule has 25 heavy (non-hydrogen) atoms. The lowest BCUT2D eigenvalue weighted by Gasteiger charge is -2.27. The molecular weight excluding hydrogens is 332 g/mol. The van der Waals surface area contributed by atoms with Crippen molar-refractivity contribution in [2.75, 3.05) is 13.1 Å². The van der Waals surface area contributed by atoms with Crippen molar-refractivity contribution in [3.8, 4) is 0 Å². The molecule has 1 amide bonds. The van der Waals surface area contributed by atoms with E-state index < -0.39 is 0 Å². The van der Waals surface area contributed by atoms with E-state index in [4.69, 9.17) is 11.6 Å². The van der Waals surface area contributed by atoms with E-state index in [0.717, 1.165) is 34.6 Å². The maximum atomic E-state index is 12.7. The highest BCUT2D eigenvalue weighted by Gasteiger charge is 2.21. The van der Waals surface area contributed by atoms with Crippen molar-refractivity contribution in [3.05, 3.63) is 76.5 Å². The number of H-pyrrole nitrogens is 1. The molecule has 0 aliphatic carbocycles. The third-order valence-electron chi connectivity index (χ3n) is 4.86. The van der Waals surface area contributed by atoms with E-state index >= 15 is 0 Å². The minimum atomic E-state index is 0.110. The lowest BCUT2D eigenvalue weighted by atomic mass is 9.98. The molecule has 126 valence electrons. The summed E-state index contributed by atoms with van der Waals surface area (Å²) < 4.78 is 0. The Labute approximate surface area is 151 Å². The Kier molecular flexibility index (Phi) is 4.10. The molecule has 1 N–H and O–H groups in total. The number of rotatable bonds is 2. The number of hydrogen-bond donors (Lipinski definition) is 1. The normalized spacial score (nSPS) is 14.6. The Balaban J connectivity index is 1.58. The largest absolute Gasteiger partial charge is 0.361 e. The van der Waals surface area contributed by atoms with Gasteiger partial charge in [0.15, 0.2) is 0 Å². The van der Waals surface area contributed by atoms with Crippen molar-refractivity contribution in [3.63, 3.8) is 0 Å². The fourth-order valence-corrected chi connectivity index (χ4v) is 3.62. The smallest absolute Gasteiger partial charge is 0.254 e. The first-order valence-electron chi connectivity index (χ1n) is 8.44.